The number of amides is 1. The molecule has 2 rings (SSSR count). The summed E-state index contributed by atoms with van der Waals surface area (Å²) in [6.45, 7) is 7.76. The molecule has 1 amide bonds. The number of nitrogens with one attached hydrogen (secondary N) is 1. The smallest absolute Gasteiger partial charge is 0.407 e. The standard InChI is InChI=1S/C22H30N2O4/c1-22(2,3)24(21(25)26)13-12-23-15-18-10-11-19(20(14-18)27-4)28-16-17-8-6-5-7-9-17/h5-11,14,23H,12-13,15-16H2,1-4H3,(H,25,26). The van der Waals surface area contributed by atoms with Gasteiger partial charge in [-0.3, -0.25) is 0 Å². The minimum Gasteiger partial charge on any atom is -0.493 e. The second-order valence-corrected chi connectivity index (χ2v) is 7.54. The Morgan fingerprint density at radius 2 is 1.79 bits per heavy atom. The largest absolute Gasteiger partial charge is 0.493 e. The molecular weight excluding hydrogens is 356 g/mol. The molecule has 0 saturated heterocycles. The highest BCUT2D eigenvalue weighted by Gasteiger charge is 2.25. The van der Waals surface area contributed by atoms with Crippen molar-refractivity contribution in [3.05, 3.63) is 59.7 Å². The van der Waals surface area contributed by atoms with Crippen LogP contribution >= 0.6 is 0 Å². The van der Waals surface area contributed by atoms with Gasteiger partial charge in [-0.2, -0.15) is 0 Å². The van der Waals surface area contributed by atoms with Crippen molar-refractivity contribution in [1.29, 1.82) is 0 Å². The summed E-state index contributed by atoms with van der Waals surface area (Å²) >= 11 is 0. The lowest BCUT2D eigenvalue weighted by molar-refractivity contribution is 0.101. The number of hydrogen-bond donors (Lipinski definition) is 2. The van der Waals surface area contributed by atoms with E-state index >= 15 is 0 Å². The van der Waals surface area contributed by atoms with E-state index in [0.29, 0.717) is 37.7 Å². The normalized spacial score (nSPS) is 11.1. The first-order valence-corrected chi connectivity index (χ1v) is 9.36. The van der Waals surface area contributed by atoms with Gasteiger partial charge in [0, 0.05) is 25.2 Å². The summed E-state index contributed by atoms with van der Waals surface area (Å²) in [5, 5.41) is 12.6. The number of hydrogen-bond acceptors (Lipinski definition) is 4. The Bertz CT molecular complexity index is 757. The van der Waals surface area contributed by atoms with Crippen LogP contribution in [0.4, 0.5) is 4.79 Å². The van der Waals surface area contributed by atoms with E-state index in [1.54, 1.807) is 7.11 Å². The molecule has 0 saturated carbocycles. The zero-order valence-electron chi connectivity index (χ0n) is 17.1. The number of nitrogens with zero attached hydrogens (tertiary/aromatic N) is 1. The van der Waals surface area contributed by atoms with Crippen molar-refractivity contribution in [2.75, 3.05) is 20.2 Å². The molecule has 2 aromatic rings. The molecule has 0 unspecified atom stereocenters. The number of carbonyl (C=O) groups is 1. The van der Waals surface area contributed by atoms with Gasteiger partial charge < -0.3 is 24.8 Å². The van der Waals surface area contributed by atoms with Crippen LogP contribution in [0, 0.1) is 0 Å². The van der Waals surface area contributed by atoms with Gasteiger partial charge in [-0.05, 0) is 44.0 Å². The van der Waals surface area contributed by atoms with Crippen LogP contribution < -0.4 is 14.8 Å². The molecule has 0 bridgehead atoms. The van der Waals surface area contributed by atoms with Gasteiger partial charge in [0.2, 0.25) is 0 Å². The van der Waals surface area contributed by atoms with Crippen LogP contribution in [0.1, 0.15) is 31.9 Å². The minimum absolute atomic E-state index is 0.422. The van der Waals surface area contributed by atoms with E-state index in [2.05, 4.69) is 5.32 Å². The topological polar surface area (TPSA) is 71.0 Å². The van der Waals surface area contributed by atoms with Gasteiger partial charge in [-0.1, -0.05) is 36.4 Å². The monoisotopic (exact) mass is 386 g/mol. The molecule has 0 aliphatic carbocycles. The second kappa shape index (κ2) is 9.99. The molecule has 0 radical (unpaired) electrons. The van der Waals surface area contributed by atoms with Gasteiger partial charge in [0.1, 0.15) is 6.61 Å². The maximum absolute atomic E-state index is 11.4. The number of benzene rings is 2. The van der Waals surface area contributed by atoms with Crippen LogP contribution in [0.25, 0.3) is 0 Å². The van der Waals surface area contributed by atoms with Crippen LogP contribution in [0.15, 0.2) is 48.5 Å². The summed E-state index contributed by atoms with van der Waals surface area (Å²) in [5.41, 5.74) is 1.72. The fourth-order valence-electron chi connectivity index (χ4n) is 2.82. The Hall–Kier alpha value is -2.73. The highest BCUT2D eigenvalue weighted by molar-refractivity contribution is 5.65. The molecule has 6 nitrogen and oxygen atoms in total. The molecule has 0 aliphatic rings. The molecule has 152 valence electrons. The van der Waals surface area contributed by atoms with Crippen molar-refractivity contribution in [3.8, 4) is 11.5 Å². The molecule has 0 aromatic heterocycles. The lowest BCUT2D eigenvalue weighted by atomic mass is 10.1. The average Bonchev–Trinajstić information content (AvgIpc) is 2.66. The fourth-order valence-corrected chi connectivity index (χ4v) is 2.82. The van der Waals surface area contributed by atoms with Crippen molar-refractivity contribution >= 4 is 6.09 Å². The summed E-state index contributed by atoms with van der Waals surface area (Å²) < 4.78 is 11.3. The molecule has 0 aliphatic heterocycles. The Kier molecular flexibility index (Phi) is 7.70. The van der Waals surface area contributed by atoms with E-state index < -0.39 is 11.6 Å². The first-order valence-electron chi connectivity index (χ1n) is 9.36. The molecule has 2 N–H and O–H groups in total. The Morgan fingerprint density at radius 3 is 2.39 bits per heavy atom. The van der Waals surface area contributed by atoms with Gasteiger partial charge in [0.15, 0.2) is 11.5 Å². The van der Waals surface area contributed by atoms with Crippen molar-refractivity contribution in [2.45, 2.75) is 39.5 Å². The third kappa shape index (κ3) is 6.46. The van der Waals surface area contributed by atoms with Gasteiger partial charge in [0.05, 0.1) is 7.11 Å². The first-order chi connectivity index (χ1) is 13.3. The van der Waals surface area contributed by atoms with E-state index in [4.69, 9.17) is 9.47 Å². The molecule has 0 atom stereocenters. The van der Waals surface area contributed by atoms with E-state index in [-0.39, 0.29) is 0 Å². The maximum Gasteiger partial charge on any atom is 0.407 e. The molecule has 0 fully saturated rings. The Balaban J connectivity index is 1.88. The predicted molar refractivity (Wildman–Crippen MR) is 110 cm³/mol. The molecule has 2 aromatic carbocycles. The van der Waals surface area contributed by atoms with Gasteiger partial charge >= 0.3 is 6.09 Å². The molecular formula is C22H30N2O4. The summed E-state index contributed by atoms with van der Waals surface area (Å²) in [7, 11) is 1.62. The lowest BCUT2D eigenvalue weighted by Gasteiger charge is -2.33. The van der Waals surface area contributed by atoms with Crippen LogP contribution in [-0.2, 0) is 13.2 Å². The molecule has 0 spiro atoms. The van der Waals surface area contributed by atoms with Crippen molar-refractivity contribution in [2.24, 2.45) is 0 Å². The molecule has 6 heteroatoms. The highest BCUT2D eigenvalue weighted by Crippen LogP contribution is 2.28. The van der Waals surface area contributed by atoms with Crippen molar-refractivity contribution in [3.63, 3.8) is 0 Å². The quantitative estimate of drug-likeness (QED) is 0.634. The zero-order chi connectivity index (χ0) is 20.6. The summed E-state index contributed by atoms with van der Waals surface area (Å²) in [5.74, 6) is 1.37. The molecule has 28 heavy (non-hydrogen) atoms. The lowest BCUT2D eigenvalue weighted by Crippen LogP contribution is -2.47. The third-order valence-electron chi connectivity index (χ3n) is 4.35. The van der Waals surface area contributed by atoms with E-state index in [1.807, 2.05) is 69.3 Å². The van der Waals surface area contributed by atoms with E-state index in [9.17, 15) is 9.90 Å². The van der Waals surface area contributed by atoms with E-state index in [0.717, 1.165) is 11.1 Å². The van der Waals surface area contributed by atoms with Crippen molar-refractivity contribution in [1.82, 2.24) is 10.2 Å². The highest BCUT2D eigenvalue weighted by atomic mass is 16.5. The van der Waals surface area contributed by atoms with Crippen molar-refractivity contribution < 1.29 is 19.4 Å². The number of methoxy groups -OCH3 is 1. The third-order valence-corrected chi connectivity index (χ3v) is 4.35. The van der Waals surface area contributed by atoms with Crippen LogP contribution in [-0.4, -0.2) is 41.8 Å². The van der Waals surface area contributed by atoms with Gasteiger partial charge in [-0.25, -0.2) is 4.79 Å². The Morgan fingerprint density at radius 1 is 1.07 bits per heavy atom. The number of ether oxygens (including phenoxy) is 2. The minimum atomic E-state index is -0.907. The van der Waals surface area contributed by atoms with E-state index in [1.165, 1.54) is 4.90 Å². The number of carboxylic acid groups (broad SMARTS) is 1. The summed E-state index contributed by atoms with van der Waals surface area (Å²) in [4.78, 5) is 12.8. The van der Waals surface area contributed by atoms with Crippen LogP contribution in [0.3, 0.4) is 0 Å². The number of rotatable bonds is 9. The first kappa shape index (κ1) is 21.6. The van der Waals surface area contributed by atoms with Crippen LogP contribution in [0.5, 0.6) is 11.5 Å². The molecule has 0 heterocycles. The van der Waals surface area contributed by atoms with Gasteiger partial charge in [-0.15, -0.1) is 0 Å². The van der Waals surface area contributed by atoms with Gasteiger partial charge in [0.25, 0.3) is 0 Å². The SMILES string of the molecule is COc1cc(CNCCN(C(=O)O)C(C)(C)C)ccc1OCc1ccccc1. The second-order valence-electron chi connectivity index (χ2n) is 7.54. The predicted octanol–water partition coefficient (Wildman–Crippen LogP) is 4.14. The summed E-state index contributed by atoms with van der Waals surface area (Å²) in [6, 6.07) is 15.8. The average molecular weight is 386 g/mol. The maximum atomic E-state index is 11.4. The Labute approximate surface area is 167 Å². The van der Waals surface area contributed by atoms with Crippen LogP contribution in [0.2, 0.25) is 0 Å². The zero-order valence-corrected chi connectivity index (χ0v) is 17.1. The summed E-state index contributed by atoms with van der Waals surface area (Å²) in [6.07, 6.45) is -0.907. The fraction of sp³-hybridized carbons (Fsp3) is 0.409.